The van der Waals surface area contributed by atoms with Gasteiger partial charge in [0.2, 0.25) is 11.9 Å². The Morgan fingerprint density at radius 1 is 1.15 bits per heavy atom. The predicted molar refractivity (Wildman–Crippen MR) is 134 cm³/mol. The second-order valence-electron chi connectivity index (χ2n) is 8.81. The van der Waals surface area contributed by atoms with Gasteiger partial charge in [0.15, 0.2) is 5.11 Å². The standard InChI is InChI=1S/C23H39N7O3S/c31-21(10-6-1-2-7-11-25-23(34)27-22-24-12-13-26-28-22)30(20-8-4-3-5-9-20)33-19-16-29-14-17-32-18-15-29/h12-13,20H,1-11,14-19H2,(H2,24,25,27,28,34). The Bertz CT molecular complexity index is 716. The van der Waals surface area contributed by atoms with E-state index < -0.39 is 0 Å². The first-order valence-corrected chi connectivity index (χ1v) is 13.1. The molecule has 1 aliphatic carbocycles. The van der Waals surface area contributed by atoms with Gasteiger partial charge in [-0.3, -0.25) is 19.8 Å². The zero-order valence-corrected chi connectivity index (χ0v) is 20.9. The number of hydrogen-bond acceptors (Lipinski definition) is 8. The number of unbranched alkanes of at least 4 members (excludes halogenated alkanes) is 3. The number of carbonyl (C=O) groups excluding carboxylic acids is 1. The first-order chi connectivity index (χ1) is 16.7. The Balaban J connectivity index is 1.28. The van der Waals surface area contributed by atoms with Gasteiger partial charge in [0.05, 0.1) is 38.3 Å². The van der Waals surface area contributed by atoms with Crippen molar-refractivity contribution >= 4 is 29.2 Å². The van der Waals surface area contributed by atoms with Gasteiger partial charge in [-0.15, -0.1) is 5.10 Å². The van der Waals surface area contributed by atoms with Gasteiger partial charge in [0.1, 0.15) is 0 Å². The summed E-state index contributed by atoms with van der Waals surface area (Å²) < 4.78 is 5.41. The van der Waals surface area contributed by atoms with E-state index in [0.29, 0.717) is 24.1 Å². The summed E-state index contributed by atoms with van der Waals surface area (Å²) in [5.41, 5.74) is 0. The molecule has 1 aliphatic heterocycles. The van der Waals surface area contributed by atoms with Crippen molar-refractivity contribution in [2.45, 2.75) is 70.3 Å². The molecule has 2 aliphatic rings. The lowest BCUT2D eigenvalue weighted by Gasteiger charge is -2.34. The van der Waals surface area contributed by atoms with Crippen molar-refractivity contribution < 1.29 is 14.4 Å². The number of amides is 1. The molecule has 3 rings (SSSR count). The molecule has 1 saturated carbocycles. The van der Waals surface area contributed by atoms with Crippen molar-refractivity contribution in [3.8, 4) is 0 Å². The second kappa shape index (κ2) is 15.9. The van der Waals surface area contributed by atoms with E-state index in [2.05, 4.69) is 30.7 Å². The molecule has 11 heteroatoms. The highest BCUT2D eigenvalue weighted by Crippen LogP contribution is 2.24. The van der Waals surface area contributed by atoms with Crippen LogP contribution in [0, 0.1) is 0 Å². The van der Waals surface area contributed by atoms with Crippen molar-refractivity contribution in [2.75, 3.05) is 51.3 Å². The highest BCUT2D eigenvalue weighted by Gasteiger charge is 2.26. The van der Waals surface area contributed by atoms with E-state index in [1.54, 1.807) is 11.3 Å². The van der Waals surface area contributed by atoms with Crippen molar-refractivity contribution in [1.29, 1.82) is 0 Å². The maximum Gasteiger partial charge on any atom is 0.248 e. The largest absolute Gasteiger partial charge is 0.379 e. The monoisotopic (exact) mass is 493 g/mol. The summed E-state index contributed by atoms with van der Waals surface area (Å²) in [6.07, 6.45) is 13.2. The topological polar surface area (TPSA) is 105 Å². The Morgan fingerprint density at radius 2 is 1.94 bits per heavy atom. The first kappa shape index (κ1) is 26.7. The Hall–Kier alpha value is -1.95. The molecule has 0 spiro atoms. The van der Waals surface area contributed by atoms with Crippen LogP contribution in [0.25, 0.3) is 0 Å². The average Bonchev–Trinajstić information content (AvgIpc) is 2.87. The zero-order chi connectivity index (χ0) is 23.8. The van der Waals surface area contributed by atoms with Crippen LogP contribution >= 0.6 is 12.2 Å². The number of aromatic nitrogens is 3. The molecule has 0 atom stereocenters. The van der Waals surface area contributed by atoms with Crippen LogP contribution in [0.3, 0.4) is 0 Å². The van der Waals surface area contributed by atoms with Crippen molar-refractivity contribution in [3.63, 3.8) is 0 Å². The summed E-state index contributed by atoms with van der Waals surface area (Å²) in [6, 6.07) is 0.229. The minimum absolute atomic E-state index is 0.133. The van der Waals surface area contributed by atoms with E-state index in [9.17, 15) is 4.79 Å². The van der Waals surface area contributed by atoms with Crippen molar-refractivity contribution in [2.24, 2.45) is 0 Å². The van der Waals surface area contributed by atoms with E-state index in [1.165, 1.54) is 25.5 Å². The number of anilines is 1. The number of hydroxylamine groups is 2. The molecule has 2 fully saturated rings. The number of hydrogen-bond donors (Lipinski definition) is 2. The maximum atomic E-state index is 13.0. The van der Waals surface area contributed by atoms with Crippen LogP contribution in [0.1, 0.15) is 64.2 Å². The molecular weight excluding hydrogens is 454 g/mol. The number of carbonyl (C=O) groups is 1. The van der Waals surface area contributed by atoms with Crippen LogP contribution in [0.15, 0.2) is 12.4 Å². The van der Waals surface area contributed by atoms with E-state index in [0.717, 1.165) is 77.9 Å². The van der Waals surface area contributed by atoms with Crippen LogP contribution < -0.4 is 10.6 Å². The number of nitrogens with one attached hydrogen (secondary N) is 2. The third kappa shape index (κ3) is 10.1. The van der Waals surface area contributed by atoms with Gasteiger partial charge in [-0.2, -0.15) is 5.10 Å². The van der Waals surface area contributed by atoms with E-state index >= 15 is 0 Å². The third-order valence-electron chi connectivity index (χ3n) is 6.20. The molecule has 1 amide bonds. The number of ether oxygens (including phenoxy) is 1. The molecule has 0 bridgehead atoms. The second-order valence-corrected chi connectivity index (χ2v) is 9.22. The molecule has 1 aromatic rings. The summed E-state index contributed by atoms with van der Waals surface area (Å²) in [4.78, 5) is 25.4. The lowest BCUT2D eigenvalue weighted by atomic mass is 9.95. The molecule has 2 N–H and O–H groups in total. The fourth-order valence-electron chi connectivity index (χ4n) is 4.31. The van der Waals surface area contributed by atoms with Crippen molar-refractivity contribution in [3.05, 3.63) is 12.4 Å². The fourth-order valence-corrected chi connectivity index (χ4v) is 4.50. The summed E-state index contributed by atoms with van der Waals surface area (Å²) in [6.45, 7) is 5.60. The number of rotatable bonds is 13. The minimum Gasteiger partial charge on any atom is -0.379 e. The molecule has 34 heavy (non-hydrogen) atoms. The highest BCUT2D eigenvalue weighted by molar-refractivity contribution is 7.80. The zero-order valence-electron chi connectivity index (χ0n) is 20.1. The van der Waals surface area contributed by atoms with Gasteiger partial charge in [0, 0.05) is 32.6 Å². The lowest BCUT2D eigenvalue weighted by molar-refractivity contribution is -0.205. The SMILES string of the molecule is O=C(CCCCCCNC(=S)Nc1nccnn1)N(OCCN1CCOCC1)C1CCCCC1. The van der Waals surface area contributed by atoms with Gasteiger partial charge in [-0.05, 0) is 37.9 Å². The maximum absolute atomic E-state index is 13.0. The average molecular weight is 494 g/mol. The van der Waals surface area contributed by atoms with Gasteiger partial charge in [-0.1, -0.05) is 32.1 Å². The normalized spacial score (nSPS) is 17.3. The molecule has 190 valence electrons. The molecule has 2 heterocycles. The van der Waals surface area contributed by atoms with Crippen molar-refractivity contribution in [1.82, 2.24) is 30.5 Å². The van der Waals surface area contributed by atoms with Crippen LogP contribution in [0.4, 0.5) is 5.95 Å². The van der Waals surface area contributed by atoms with Crippen LogP contribution in [0.2, 0.25) is 0 Å². The summed E-state index contributed by atoms with van der Waals surface area (Å²) in [5.74, 6) is 0.516. The molecule has 10 nitrogen and oxygen atoms in total. The number of morpholine rings is 1. The fraction of sp³-hybridized carbons (Fsp3) is 0.783. The Kier molecular flexibility index (Phi) is 12.4. The smallest absolute Gasteiger partial charge is 0.248 e. The van der Waals surface area contributed by atoms with Gasteiger partial charge >= 0.3 is 0 Å². The predicted octanol–water partition coefficient (Wildman–Crippen LogP) is 2.53. The van der Waals surface area contributed by atoms with E-state index in [1.807, 2.05) is 0 Å². The number of thiocarbonyl (C=S) groups is 1. The molecule has 1 saturated heterocycles. The summed E-state index contributed by atoms with van der Waals surface area (Å²) >= 11 is 5.23. The van der Waals surface area contributed by atoms with Gasteiger partial charge < -0.3 is 10.1 Å². The van der Waals surface area contributed by atoms with Crippen LogP contribution in [-0.4, -0.2) is 88.2 Å². The van der Waals surface area contributed by atoms with Gasteiger partial charge in [0.25, 0.3) is 0 Å². The van der Waals surface area contributed by atoms with Crippen LogP contribution in [-0.2, 0) is 14.4 Å². The third-order valence-corrected chi connectivity index (χ3v) is 6.45. The molecule has 0 aromatic carbocycles. The minimum atomic E-state index is 0.133. The summed E-state index contributed by atoms with van der Waals surface area (Å²) in [7, 11) is 0. The Labute approximate surface area is 208 Å². The van der Waals surface area contributed by atoms with E-state index in [4.69, 9.17) is 21.8 Å². The lowest BCUT2D eigenvalue weighted by Crippen LogP contribution is -2.44. The molecule has 0 unspecified atom stereocenters. The van der Waals surface area contributed by atoms with E-state index in [-0.39, 0.29) is 11.9 Å². The van der Waals surface area contributed by atoms with Gasteiger partial charge in [-0.25, -0.2) is 10.0 Å². The van der Waals surface area contributed by atoms with Crippen LogP contribution in [0.5, 0.6) is 0 Å². The summed E-state index contributed by atoms with van der Waals surface area (Å²) in [5, 5.41) is 15.9. The molecule has 1 aromatic heterocycles. The molecular formula is C23H39N7O3S. The molecule has 0 radical (unpaired) electrons. The quantitative estimate of drug-likeness (QED) is 0.242. The number of nitrogens with zero attached hydrogens (tertiary/aromatic N) is 5. The first-order valence-electron chi connectivity index (χ1n) is 12.7. The highest BCUT2D eigenvalue weighted by atomic mass is 32.1. The Morgan fingerprint density at radius 3 is 2.71 bits per heavy atom.